The van der Waals surface area contributed by atoms with Gasteiger partial charge in [-0.3, -0.25) is 14.2 Å². The van der Waals surface area contributed by atoms with Gasteiger partial charge in [-0.1, -0.05) is 17.7 Å². The lowest BCUT2D eigenvalue weighted by molar-refractivity contribution is -0.152. The zero-order chi connectivity index (χ0) is 26.4. The van der Waals surface area contributed by atoms with Crippen LogP contribution >= 0.6 is 0 Å². The van der Waals surface area contributed by atoms with Gasteiger partial charge >= 0.3 is 23.6 Å². The SMILES string of the molecule is CCOC(=O)/C=C/n1c(=O)c(C)cn([C@@H]2O[C@H](COC(=O)c3ccc(C)cc3)C[C@H]2OC(C)=O)c1=O. The van der Waals surface area contributed by atoms with Gasteiger partial charge in [0.2, 0.25) is 0 Å². The third-order valence-corrected chi connectivity index (χ3v) is 5.39. The fraction of sp³-hybridized carbons (Fsp3) is 0.400. The first-order valence-electron chi connectivity index (χ1n) is 11.4. The molecule has 0 unspecified atom stereocenters. The maximum Gasteiger partial charge on any atom is 0.338 e. The molecule has 0 saturated carbocycles. The minimum atomic E-state index is -1.09. The van der Waals surface area contributed by atoms with Crippen LogP contribution in [0.15, 0.2) is 46.1 Å². The lowest BCUT2D eigenvalue weighted by Crippen LogP contribution is -2.42. The molecule has 11 heteroatoms. The number of aryl methyl sites for hydroxylation is 2. The van der Waals surface area contributed by atoms with Crippen molar-refractivity contribution in [3.05, 3.63) is 74.1 Å². The average Bonchev–Trinajstić information content (AvgIpc) is 3.22. The molecule has 0 bridgehead atoms. The highest BCUT2D eigenvalue weighted by molar-refractivity contribution is 5.89. The monoisotopic (exact) mass is 500 g/mol. The third-order valence-electron chi connectivity index (χ3n) is 5.39. The largest absolute Gasteiger partial charge is 0.463 e. The molecule has 1 aromatic heterocycles. The van der Waals surface area contributed by atoms with Gasteiger partial charge in [-0.05, 0) is 32.9 Å². The van der Waals surface area contributed by atoms with E-state index in [2.05, 4.69) is 0 Å². The first kappa shape index (κ1) is 26.6. The van der Waals surface area contributed by atoms with Gasteiger partial charge in [-0.25, -0.2) is 19.0 Å². The van der Waals surface area contributed by atoms with Crippen molar-refractivity contribution in [3.63, 3.8) is 0 Å². The molecular weight excluding hydrogens is 472 g/mol. The summed E-state index contributed by atoms with van der Waals surface area (Å²) >= 11 is 0. The maximum atomic E-state index is 13.1. The highest BCUT2D eigenvalue weighted by Gasteiger charge is 2.40. The molecule has 3 rings (SSSR count). The second-order valence-corrected chi connectivity index (χ2v) is 8.24. The number of hydrogen-bond acceptors (Lipinski definition) is 9. The number of esters is 3. The summed E-state index contributed by atoms with van der Waals surface area (Å²) in [5.41, 5.74) is 0.103. The van der Waals surface area contributed by atoms with Crippen LogP contribution in [-0.4, -0.2) is 52.5 Å². The zero-order valence-electron chi connectivity index (χ0n) is 20.5. The van der Waals surface area contributed by atoms with E-state index in [-0.39, 0.29) is 25.2 Å². The van der Waals surface area contributed by atoms with Crippen LogP contribution in [0.2, 0.25) is 0 Å². The summed E-state index contributed by atoms with van der Waals surface area (Å²) in [7, 11) is 0. The Morgan fingerprint density at radius 1 is 1.11 bits per heavy atom. The highest BCUT2D eigenvalue weighted by atomic mass is 16.6. The summed E-state index contributed by atoms with van der Waals surface area (Å²) in [5, 5.41) is 0. The second-order valence-electron chi connectivity index (χ2n) is 8.24. The number of nitrogens with zero attached hydrogens (tertiary/aromatic N) is 2. The standard InChI is InChI=1S/C25H28N2O9/c1-5-33-21(29)10-11-26-22(30)16(3)13-27(25(26)32)23-20(35-17(4)28)12-19(36-23)14-34-24(31)18-8-6-15(2)7-9-18/h6-11,13,19-20,23H,5,12,14H2,1-4H3/b11-10+/t19-,20+,23+/m0/s1. The van der Waals surface area contributed by atoms with Crippen LogP contribution in [0.25, 0.3) is 6.20 Å². The van der Waals surface area contributed by atoms with Crippen LogP contribution < -0.4 is 11.2 Å². The van der Waals surface area contributed by atoms with Crippen LogP contribution in [-0.2, 0) is 28.5 Å². The van der Waals surface area contributed by atoms with Crippen LogP contribution in [0, 0.1) is 13.8 Å². The Bertz CT molecular complexity index is 1270. The van der Waals surface area contributed by atoms with E-state index in [1.807, 2.05) is 6.92 Å². The molecule has 0 amide bonds. The van der Waals surface area contributed by atoms with E-state index in [4.69, 9.17) is 18.9 Å². The van der Waals surface area contributed by atoms with Crippen molar-refractivity contribution < 1.29 is 33.3 Å². The van der Waals surface area contributed by atoms with E-state index in [0.717, 1.165) is 27.0 Å². The van der Waals surface area contributed by atoms with Gasteiger partial charge in [0, 0.05) is 37.4 Å². The fourth-order valence-corrected chi connectivity index (χ4v) is 3.69. The summed E-state index contributed by atoms with van der Waals surface area (Å²) in [6.45, 7) is 6.22. The van der Waals surface area contributed by atoms with Crippen molar-refractivity contribution in [3.8, 4) is 0 Å². The van der Waals surface area contributed by atoms with Gasteiger partial charge in [0.15, 0.2) is 6.23 Å². The molecule has 1 saturated heterocycles. The number of rotatable bonds is 8. The molecule has 3 atom stereocenters. The summed E-state index contributed by atoms with van der Waals surface area (Å²) in [5.74, 6) is -1.86. The predicted molar refractivity (Wildman–Crippen MR) is 127 cm³/mol. The Kier molecular flexibility index (Phi) is 8.59. The third kappa shape index (κ3) is 6.36. The Morgan fingerprint density at radius 3 is 2.44 bits per heavy atom. The van der Waals surface area contributed by atoms with Crippen molar-refractivity contribution in [1.82, 2.24) is 9.13 Å². The summed E-state index contributed by atoms with van der Waals surface area (Å²) < 4.78 is 23.3. The maximum absolute atomic E-state index is 13.1. The minimum absolute atomic E-state index is 0.131. The van der Waals surface area contributed by atoms with Gasteiger partial charge in [-0.15, -0.1) is 0 Å². The molecule has 192 valence electrons. The molecule has 0 N–H and O–H groups in total. The van der Waals surface area contributed by atoms with E-state index < -0.39 is 47.6 Å². The van der Waals surface area contributed by atoms with Crippen molar-refractivity contribution >= 4 is 24.1 Å². The quantitative estimate of drug-likeness (QED) is 0.302. The molecule has 11 nitrogen and oxygen atoms in total. The van der Waals surface area contributed by atoms with E-state index in [1.165, 1.54) is 20.0 Å². The molecule has 1 aromatic carbocycles. The van der Waals surface area contributed by atoms with Crippen molar-refractivity contribution in [2.24, 2.45) is 0 Å². The van der Waals surface area contributed by atoms with Crippen LogP contribution in [0.4, 0.5) is 0 Å². The van der Waals surface area contributed by atoms with Crippen molar-refractivity contribution in [1.29, 1.82) is 0 Å². The zero-order valence-corrected chi connectivity index (χ0v) is 20.5. The Hall–Kier alpha value is -3.99. The molecule has 0 spiro atoms. The molecule has 0 radical (unpaired) electrons. The van der Waals surface area contributed by atoms with Crippen molar-refractivity contribution in [2.75, 3.05) is 13.2 Å². The summed E-state index contributed by atoms with van der Waals surface area (Å²) in [6, 6.07) is 6.87. The summed E-state index contributed by atoms with van der Waals surface area (Å²) in [6.07, 6.45) is 0.756. The van der Waals surface area contributed by atoms with Crippen molar-refractivity contribution in [2.45, 2.75) is 52.6 Å². The number of aromatic nitrogens is 2. The fourth-order valence-electron chi connectivity index (χ4n) is 3.69. The first-order valence-corrected chi connectivity index (χ1v) is 11.4. The van der Waals surface area contributed by atoms with Gasteiger partial charge in [0.05, 0.1) is 18.3 Å². The van der Waals surface area contributed by atoms with Crippen LogP contribution in [0.1, 0.15) is 48.0 Å². The van der Waals surface area contributed by atoms with E-state index in [9.17, 15) is 24.0 Å². The molecule has 0 aliphatic carbocycles. The molecule has 1 fully saturated rings. The highest BCUT2D eigenvalue weighted by Crippen LogP contribution is 2.31. The van der Waals surface area contributed by atoms with Crippen LogP contribution in [0.5, 0.6) is 0 Å². The van der Waals surface area contributed by atoms with Gasteiger partial charge in [0.25, 0.3) is 5.56 Å². The summed E-state index contributed by atoms with van der Waals surface area (Å²) in [4.78, 5) is 61.4. The number of ether oxygens (including phenoxy) is 4. The molecule has 2 heterocycles. The average molecular weight is 501 g/mol. The molecule has 1 aliphatic rings. The number of carbonyl (C=O) groups is 3. The minimum Gasteiger partial charge on any atom is -0.463 e. The normalized spacial score (nSPS) is 19.3. The molecule has 1 aliphatic heterocycles. The van der Waals surface area contributed by atoms with E-state index >= 15 is 0 Å². The lowest BCUT2D eigenvalue weighted by Gasteiger charge is -2.21. The predicted octanol–water partition coefficient (Wildman–Crippen LogP) is 1.74. The molecule has 2 aromatic rings. The molecular formula is C25H28N2O9. The number of carbonyl (C=O) groups excluding carboxylic acids is 3. The van der Waals surface area contributed by atoms with Gasteiger partial charge in [0.1, 0.15) is 12.7 Å². The first-order chi connectivity index (χ1) is 17.1. The van der Waals surface area contributed by atoms with E-state index in [0.29, 0.717) is 5.56 Å². The topological polar surface area (TPSA) is 132 Å². The second kappa shape index (κ2) is 11.6. The van der Waals surface area contributed by atoms with Crippen LogP contribution in [0.3, 0.4) is 0 Å². The number of hydrogen-bond donors (Lipinski definition) is 0. The Morgan fingerprint density at radius 2 is 1.81 bits per heavy atom. The van der Waals surface area contributed by atoms with Gasteiger partial charge in [-0.2, -0.15) is 0 Å². The smallest absolute Gasteiger partial charge is 0.338 e. The number of benzene rings is 1. The Balaban J connectivity index is 1.85. The van der Waals surface area contributed by atoms with Gasteiger partial charge < -0.3 is 18.9 Å². The molecule has 36 heavy (non-hydrogen) atoms. The van der Waals surface area contributed by atoms with E-state index in [1.54, 1.807) is 31.2 Å². The lowest BCUT2D eigenvalue weighted by atomic mass is 10.1. The Labute approximate surface area is 206 Å².